The molecule has 2 saturated heterocycles. The van der Waals surface area contributed by atoms with Gasteiger partial charge in [-0.3, -0.25) is 15.1 Å². The van der Waals surface area contributed by atoms with E-state index in [1.807, 2.05) is 12.1 Å². The molecule has 0 aliphatic carbocycles. The summed E-state index contributed by atoms with van der Waals surface area (Å²) in [5, 5.41) is 6.61. The highest BCUT2D eigenvalue weighted by atomic mass is 32.2. The summed E-state index contributed by atoms with van der Waals surface area (Å²) in [7, 11) is 0. The van der Waals surface area contributed by atoms with Crippen LogP contribution in [0.3, 0.4) is 0 Å². The van der Waals surface area contributed by atoms with Crippen LogP contribution >= 0.6 is 11.8 Å². The number of pyridine rings is 1. The molecule has 35 heavy (non-hydrogen) atoms. The van der Waals surface area contributed by atoms with Gasteiger partial charge in [-0.05, 0) is 35.6 Å². The molecule has 0 saturated carbocycles. The Morgan fingerprint density at radius 3 is 2.23 bits per heavy atom. The van der Waals surface area contributed by atoms with E-state index < -0.39 is 4.87 Å². The molecule has 3 aromatic rings. The monoisotopic (exact) mass is 484 g/mol. The van der Waals surface area contributed by atoms with Gasteiger partial charge in [0.05, 0.1) is 0 Å². The number of hydrogen-bond donors (Lipinski definition) is 2. The van der Waals surface area contributed by atoms with Gasteiger partial charge in [-0.15, -0.1) is 11.8 Å². The smallest absolute Gasteiger partial charge is 0.255 e. The molecular weight excluding hydrogens is 452 g/mol. The maximum Gasteiger partial charge on any atom is 0.255 e. The first kappa shape index (κ1) is 23.8. The number of likely N-dealkylation sites (tertiary alicyclic amines) is 1. The summed E-state index contributed by atoms with van der Waals surface area (Å²) in [6.07, 6.45) is 5.63. The van der Waals surface area contributed by atoms with Gasteiger partial charge >= 0.3 is 0 Å². The zero-order chi connectivity index (χ0) is 23.9. The maximum absolute atomic E-state index is 13.2. The molecule has 2 fully saturated rings. The van der Waals surface area contributed by atoms with E-state index in [1.54, 1.807) is 24.2 Å². The molecule has 5 rings (SSSR count). The molecular formula is C29H32N4OS. The number of carbonyl (C=O) groups excluding carboxylic acids is 1. The second kappa shape index (κ2) is 11.2. The largest absolute Gasteiger partial charge is 0.352 e. The SMILES string of the molecule is O=C(NCCN1CCC(=C(c2ccccc2)c2ccccc2)CC1)C1(c2cccnc2)NCCS1. The second-order valence-electron chi connectivity index (χ2n) is 9.01. The molecule has 1 atom stereocenters. The van der Waals surface area contributed by atoms with Crippen LogP contribution in [0.5, 0.6) is 0 Å². The van der Waals surface area contributed by atoms with Gasteiger partial charge in [-0.25, -0.2) is 0 Å². The number of rotatable bonds is 7. The number of benzene rings is 2. The number of nitrogens with one attached hydrogen (secondary N) is 2. The zero-order valence-corrected chi connectivity index (χ0v) is 20.8. The van der Waals surface area contributed by atoms with Crippen molar-refractivity contribution in [1.82, 2.24) is 20.5 Å². The number of thioether (sulfide) groups is 1. The number of nitrogens with zero attached hydrogens (tertiary/aromatic N) is 2. The van der Waals surface area contributed by atoms with Crippen LogP contribution in [-0.4, -0.2) is 54.3 Å². The van der Waals surface area contributed by atoms with Crippen LogP contribution in [0.15, 0.2) is 90.8 Å². The summed E-state index contributed by atoms with van der Waals surface area (Å²) in [4.78, 5) is 19.2. The van der Waals surface area contributed by atoms with Crippen LogP contribution in [-0.2, 0) is 9.67 Å². The molecule has 3 heterocycles. The molecule has 0 bridgehead atoms. The minimum absolute atomic E-state index is 0.0287. The predicted octanol–water partition coefficient (Wildman–Crippen LogP) is 4.28. The van der Waals surface area contributed by atoms with Gasteiger partial charge in [0.25, 0.3) is 5.91 Å². The Labute approximate surface area is 212 Å². The molecule has 5 nitrogen and oxygen atoms in total. The molecule has 0 radical (unpaired) electrons. The first-order chi connectivity index (χ1) is 17.3. The van der Waals surface area contributed by atoms with Crippen molar-refractivity contribution >= 4 is 23.2 Å². The van der Waals surface area contributed by atoms with E-state index in [0.29, 0.717) is 6.54 Å². The molecule has 2 aromatic carbocycles. The Kier molecular flexibility index (Phi) is 7.62. The van der Waals surface area contributed by atoms with Gasteiger partial charge in [0.15, 0.2) is 4.87 Å². The van der Waals surface area contributed by atoms with Crippen molar-refractivity contribution in [3.63, 3.8) is 0 Å². The highest BCUT2D eigenvalue weighted by Gasteiger charge is 2.43. The van der Waals surface area contributed by atoms with Crippen LogP contribution in [0.1, 0.15) is 29.5 Å². The Balaban J connectivity index is 1.21. The number of piperidine rings is 1. The normalized spacial score (nSPS) is 20.5. The van der Waals surface area contributed by atoms with E-state index in [1.165, 1.54) is 22.3 Å². The molecule has 1 unspecified atom stereocenters. The van der Waals surface area contributed by atoms with Crippen LogP contribution < -0.4 is 10.6 Å². The minimum Gasteiger partial charge on any atom is -0.352 e. The van der Waals surface area contributed by atoms with Crippen molar-refractivity contribution in [2.24, 2.45) is 0 Å². The Morgan fingerprint density at radius 2 is 1.66 bits per heavy atom. The molecule has 180 valence electrons. The number of carbonyl (C=O) groups is 1. The Bertz CT molecular complexity index is 1090. The van der Waals surface area contributed by atoms with Crippen LogP contribution in [0.2, 0.25) is 0 Å². The third-order valence-corrected chi connectivity index (χ3v) is 8.24. The lowest BCUT2D eigenvalue weighted by Gasteiger charge is -2.31. The number of amides is 1. The molecule has 0 spiro atoms. The van der Waals surface area contributed by atoms with Crippen molar-refractivity contribution < 1.29 is 4.79 Å². The highest BCUT2D eigenvalue weighted by molar-refractivity contribution is 8.01. The predicted molar refractivity (Wildman–Crippen MR) is 144 cm³/mol. The van der Waals surface area contributed by atoms with Crippen molar-refractivity contribution in [1.29, 1.82) is 0 Å². The Hall–Kier alpha value is -2.93. The van der Waals surface area contributed by atoms with Gasteiger partial charge in [-0.2, -0.15) is 0 Å². The highest BCUT2D eigenvalue weighted by Crippen LogP contribution is 2.37. The third-order valence-electron chi connectivity index (χ3n) is 6.83. The van der Waals surface area contributed by atoms with E-state index in [4.69, 9.17) is 0 Å². The van der Waals surface area contributed by atoms with E-state index >= 15 is 0 Å². The van der Waals surface area contributed by atoms with Gasteiger partial charge in [-0.1, -0.05) is 72.3 Å². The minimum atomic E-state index is -0.730. The fourth-order valence-electron chi connectivity index (χ4n) is 5.05. The van der Waals surface area contributed by atoms with Crippen molar-refractivity contribution in [3.8, 4) is 0 Å². The Morgan fingerprint density at radius 1 is 0.971 bits per heavy atom. The fourth-order valence-corrected chi connectivity index (χ4v) is 6.25. The first-order valence-electron chi connectivity index (χ1n) is 12.4. The average molecular weight is 485 g/mol. The van der Waals surface area contributed by atoms with E-state index in [2.05, 4.69) is 81.2 Å². The maximum atomic E-state index is 13.2. The number of aromatic nitrogens is 1. The van der Waals surface area contributed by atoms with Gasteiger partial charge in [0, 0.05) is 56.4 Å². The van der Waals surface area contributed by atoms with Gasteiger partial charge < -0.3 is 10.2 Å². The van der Waals surface area contributed by atoms with E-state index in [0.717, 1.165) is 50.3 Å². The van der Waals surface area contributed by atoms with Gasteiger partial charge in [0.2, 0.25) is 0 Å². The van der Waals surface area contributed by atoms with Gasteiger partial charge in [0.1, 0.15) is 0 Å². The summed E-state index contributed by atoms with van der Waals surface area (Å²) in [5.41, 5.74) is 6.39. The standard InChI is InChI=1S/C29H32N4OS/c34-28(29(32-17-21-35-29)26-12-7-15-30-22-26)31-16-20-33-18-13-25(14-19-33)27(23-8-3-1-4-9-23)24-10-5-2-6-11-24/h1-12,15,22,32H,13-14,16-21H2,(H,31,34). The molecule has 2 aliphatic heterocycles. The zero-order valence-electron chi connectivity index (χ0n) is 20.0. The summed E-state index contributed by atoms with van der Waals surface area (Å²) in [5.74, 6) is 0.940. The quantitative estimate of drug-likeness (QED) is 0.524. The number of hydrogen-bond acceptors (Lipinski definition) is 5. The second-order valence-corrected chi connectivity index (χ2v) is 10.3. The van der Waals surface area contributed by atoms with E-state index in [9.17, 15) is 4.79 Å². The summed E-state index contributed by atoms with van der Waals surface area (Å²) >= 11 is 1.65. The lowest BCUT2D eigenvalue weighted by Crippen LogP contribution is -2.50. The van der Waals surface area contributed by atoms with E-state index in [-0.39, 0.29) is 5.91 Å². The summed E-state index contributed by atoms with van der Waals surface area (Å²) < 4.78 is 0. The lowest BCUT2D eigenvalue weighted by molar-refractivity contribution is -0.124. The molecule has 1 amide bonds. The fraction of sp³-hybridized carbons (Fsp3) is 0.310. The van der Waals surface area contributed by atoms with Crippen LogP contribution in [0.25, 0.3) is 5.57 Å². The van der Waals surface area contributed by atoms with Crippen LogP contribution in [0, 0.1) is 0 Å². The average Bonchev–Trinajstić information content (AvgIpc) is 3.43. The van der Waals surface area contributed by atoms with Crippen molar-refractivity contribution in [2.75, 3.05) is 38.5 Å². The van der Waals surface area contributed by atoms with Crippen molar-refractivity contribution in [3.05, 3.63) is 107 Å². The van der Waals surface area contributed by atoms with Crippen LogP contribution in [0.4, 0.5) is 0 Å². The topological polar surface area (TPSA) is 57.3 Å². The summed E-state index contributed by atoms with van der Waals surface area (Å²) in [6, 6.07) is 25.3. The third kappa shape index (κ3) is 5.35. The molecule has 2 N–H and O–H groups in total. The molecule has 1 aromatic heterocycles. The lowest BCUT2D eigenvalue weighted by atomic mass is 9.88. The van der Waals surface area contributed by atoms with Crippen molar-refractivity contribution in [2.45, 2.75) is 17.7 Å². The molecule has 6 heteroatoms. The molecule has 2 aliphatic rings. The first-order valence-corrected chi connectivity index (χ1v) is 13.4. The summed E-state index contributed by atoms with van der Waals surface area (Å²) in [6.45, 7) is 4.34.